The van der Waals surface area contributed by atoms with Crippen molar-refractivity contribution in [2.45, 2.75) is 0 Å². The van der Waals surface area contributed by atoms with Gasteiger partial charge in [0.25, 0.3) is 5.69 Å². The molecule has 2 aromatic rings. The monoisotopic (exact) mass is 310 g/mol. The molecule has 0 atom stereocenters. The predicted octanol–water partition coefficient (Wildman–Crippen LogP) is 3.68. The van der Waals surface area contributed by atoms with Gasteiger partial charge in [-0.05, 0) is 17.7 Å². The van der Waals surface area contributed by atoms with Crippen LogP contribution in [0.3, 0.4) is 0 Å². The number of rotatable bonds is 5. The van der Waals surface area contributed by atoms with Crippen molar-refractivity contribution >= 4 is 17.3 Å². The zero-order chi connectivity index (χ0) is 16.8. The zero-order valence-electron chi connectivity index (χ0n) is 12.6. The maximum atomic E-state index is 11.3. The van der Waals surface area contributed by atoms with E-state index in [-0.39, 0.29) is 17.0 Å². The average molecular weight is 310 g/mol. The number of allylic oxidation sites excluding steroid dienone is 1. The molecule has 0 N–H and O–H groups in total. The minimum Gasteiger partial charge on any atom is -0.493 e. The lowest BCUT2D eigenvalue weighted by Gasteiger charge is -2.09. The van der Waals surface area contributed by atoms with Gasteiger partial charge in [0.05, 0.1) is 42.4 Å². The second-order valence-corrected chi connectivity index (χ2v) is 4.56. The molecule has 0 amide bonds. The lowest BCUT2D eigenvalue weighted by atomic mass is 10.0. The Balaban J connectivity index is 2.64. The highest BCUT2D eigenvalue weighted by Crippen LogP contribution is 2.36. The number of nitriles is 1. The summed E-state index contributed by atoms with van der Waals surface area (Å²) < 4.78 is 10.3. The average Bonchev–Trinajstić information content (AvgIpc) is 2.59. The van der Waals surface area contributed by atoms with Crippen molar-refractivity contribution in [3.05, 3.63) is 63.7 Å². The first kappa shape index (κ1) is 16.0. The van der Waals surface area contributed by atoms with E-state index in [1.807, 2.05) is 6.07 Å². The molecule has 0 bridgehead atoms. The van der Waals surface area contributed by atoms with Gasteiger partial charge in [0.1, 0.15) is 0 Å². The third kappa shape index (κ3) is 3.47. The third-order valence-electron chi connectivity index (χ3n) is 3.23. The fourth-order valence-corrected chi connectivity index (χ4v) is 2.11. The number of hydrogen-bond donors (Lipinski definition) is 0. The number of benzene rings is 2. The Bertz CT molecular complexity index is 792. The van der Waals surface area contributed by atoms with E-state index in [2.05, 4.69) is 6.07 Å². The molecule has 0 radical (unpaired) electrons. The summed E-state index contributed by atoms with van der Waals surface area (Å²) in [6, 6.07) is 13.8. The Morgan fingerprint density at radius 1 is 1.17 bits per heavy atom. The molecule has 0 fully saturated rings. The maximum absolute atomic E-state index is 11.3. The first-order chi connectivity index (χ1) is 11.1. The minimum atomic E-state index is -0.520. The normalized spacial score (nSPS) is 10.7. The quantitative estimate of drug-likeness (QED) is 0.364. The Morgan fingerprint density at radius 2 is 1.78 bits per heavy atom. The van der Waals surface area contributed by atoms with Gasteiger partial charge in [-0.15, -0.1) is 0 Å². The summed E-state index contributed by atoms with van der Waals surface area (Å²) in [5.41, 5.74) is 1.11. The molecule has 6 heteroatoms. The highest BCUT2D eigenvalue weighted by molar-refractivity contribution is 5.91. The van der Waals surface area contributed by atoms with E-state index in [0.29, 0.717) is 16.9 Å². The zero-order valence-corrected chi connectivity index (χ0v) is 12.6. The number of methoxy groups -OCH3 is 2. The minimum absolute atomic E-state index is 0.161. The summed E-state index contributed by atoms with van der Waals surface area (Å²) in [6.07, 6.45) is 1.47. The fraction of sp³-hybridized carbons (Fsp3) is 0.118. The standard InChI is InChI=1S/C17H14N2O4/c1-22-16-9-13(15(19(20)21)10-17(16)23-2)8-14(11-18)12-6-4-3-5-7-12/h3-10H,1-2H3/b14-8+. The number of nitrogens with zero attached hydrogens (tertiary/aromatic N) is 2. The number of nitro groups is 1. The molecule has 0 unspecified atom stereocenters. The molecular formula is C17H14N2O4. The van der Waals surface area contributed by atoms with Crippen LogP contribution in [0.15, 0.2) is 42.5 Å². The van der Waals surface area contributed by atoms with Crippen LogP contribution >= 0.6 is 0 Å². The molecule has 116 valence electrons. The van der Waals surface area contributed by atoms with Crippen molar-refractivity contribution in [1.29, 1.82) is 5.26 Å². The smallest absolute Gasteiger partial charge is 0.280 e. The molecule has 0 heterocycles. The van der Waals surface area contributed by atoms with Crippen LogP contribution in [-0.2, 0) is 0 Å². The van der Waals surface area contributed by atoms with Gasteiger partial charge in [0, 0.05) is 0 Å². The van der Waals surface area contributed by atoms with Gasteiger partial charge in [0.15, 0.2) is 11.5 Å². The van der Waals surface area contributed by atoms with E-state index in [1.165, 1.54) is 32.4 Å². The van der Waals surface area contributed by atoms with E-state index in [4.69, 9.17) is 9.47 Å². The van der Waals surface area contributed by atoms with Gasteiger partial charge in [0.2, 0.25) is 0 Å². The van der Waals surface area contributed by atoms with Crippen molar-refractivity contribution in [3.63, 3.8) is 0 Å². The Morgan fingerprint density at radius 3 is 2.30 bits per heavy atom. The summed E-state index contributed by atoms with van der Waals surface area (Å²) in [7, 11) is 2.85. The maximum Gasteiger partial charge on any atom is 0.280 e. The summed E-state index contributed by atoms with van der Waals surface area (Å²) >= 11 is 0. The molecular weight excluding hydrogens is 296 g/mol. The largest absolute Gasteiger partial charge is 0.493 e. The predicted molar refractivity (Wildman–Crippen MR) is 86.1 cm³/mol. The van der Waals surface area contributed by atoms with Gasteiger partial charge in [-0.2, -0.15) is 5.26 Å². The first-order valence-electron chi connectivity index (χ1n) is 6.68. The van der Waals surface area contributed by atoms with Crippen LogP contribution < -0.4 is 9.47 Å². The number of hydrogen-bond acceptors (Lipinski definition) is 5. The Kier molecular flexibility index (Phi) is 4.95. The summed E-state index contributed by atoms with van der Waals surface area (Å²) in [5, 5.41) is 20.6. The highest BCUT2D eigenvalue weighted by atomic mass is 16.6. The first-order valence-corrected chi connectivity index (χ1v) is 6.68. The van der Waals surface area contributed by atoms with Crippen molar-refractivity contribution < 1.29 is 14.4 Å². The molecule has 0 saturated carbocycles. The van der Waals surface area contributed by atoms with E-state index in [9.17, 15) is 15.4 Å². The molecule has 0 aliphatic carbocycles. The van der Waals surface area contributed by atoms with Crippen LogP contribution in [-0.4, -0.2) is 19.1 Å². The van der Waals surface area contributed by atoms with Gasteiger partial charge < -0.3 is 9.47 Å². The second-order valence-electron chi connectivity index (χ2n) is 4.56. The lowest BCUT2D eigenvalue weighted by Crippen LogP contribution is -1.97. The summed E-state index contributed by atoms with van der Waals surface area (Å²) in [4.78, 5) is 10.8. The fourth-order valence-electron chi connectivity index (χ4n) is 2.11. The number of nitro benzene ring substituents is 1. The van der Waals surface area contributed by atoms with Gasteiger partial charge >= 0.3 is 0 Å². The van der Waals surface area contributed by atoms with Crippen molar-refractivity contribution in [3.8, 4) is 17.6 Å². The van der Waals surface area contributed by atoms with E-state index in [0.717, 1.165) is 0 Å². The van der Waals surface area contributed by atoms with E-state index >= 15 is 0 Å². The Labute approximate surface area is 133 Å². The van der Waals surface area contributed by atoms with Gasteiger partial charge in [-0.3, -0.25) is 10.1 Å². The summed E-state index contributed by atoms with van der Waals surface area (Å²) in [6.45, 7) is 0. The second kappa shape index (κ2) is 7.09. The van der Waals surface area contributed by atoms with Crippen LogP contribution in [0.4, 0.5) is 5.69 Å². The van der Waals surface area contributed by atoms with Crippen LogP contribution in [0.2, 0.25) is 0 Å². The van der Waals surface area contributed by atoms with Crippen molar-refractivity contribution in [2.24, 2.45) is 0 Å². The highest BCUT2D eigenvalue weighted by Gasteiger charge is 2.19. The van der Waals surface area contributed by atoms with Gasteiger partial charge in [-0.1, -0.05) is 30.3 Å². The molecule has 0 aromatic heterocycles. The van der Waals surface area contributed by atoms with E-state index in [1.54, 1.807) is 24.3 Å². The molecule has 2 aromatic carbocycles. The molecule has 0 spiro atoms. The van der Waals surface area contributed by atoms with Crippen LogP contribution in [0.25, 0.3) is 11.6 Å². The topological polar surface area (TPSA) is 85.4 Å². The molecule has 6 nitrogen and oxygen atoms in total. The molecule has 0 aliphatic rings. The molecule has 0 aliphatic heterocycles. The van der Waals surface area contributed by atoms with Gasteiger partial charge in [-0.25, -0.2) is 0 Å². The molecule has 0 saturated heterocycles. The van der Waals surface area contributed by atoms with E-state index < -0.39 is 4.92 Å². The van der Waals surface area contributed by atoms with Crippen LogP contribution in [0.1, 0.15) is 11.1 Å². The molecule has 23 heavy (non-hydrogen) atoms. The van der Waals surface area contributed by atoms with Crippen LogP contribution in [0, 0.1) is 21.4 Å². The molecule has 2 rings (SSSR count). The van der Waals surface area contributed by atoms with Crippen molar-refractivity contribution in [2.75, 3.05) is 14.2 Å². The van der Waals surface area contributed by atoms with Crippen molar-refractivity contribution in [1.82, 2.24) is 0 Å². The third-order valence-corrected chi connectivity index (χ3v) is 3.23. The lowest BCUT2D eigenvalue weighted by molar-refractivity contribution is -0.385. The number of ether oxygens (including phenoxy) is 2. The van der Waals surface area contributed by atoms with Crippen LogP contribution in [0.5, 0.6) is 11.5 Å². The Hall–Kier alpha value is -3.33. The summed E-state index contributed by atoms with van der Waals surface area (Å²) in [5.74, 6) is 0.615. The SMILES string of the molecule is COc1cc(/C=C(\C#N)c2ccccc2)c([N+](=O)[O-])cc1OC.